The summed E-state index contributed by atoms with van der Waals surface area (Å²) in [6.07, 6.45) is 2.69. The molecule has 1 fully saturated rings. The minimum atomic E-state index is -0.385. The number of nitrogens with zero attached hydrogens (tertiary/aromatic N) is 2. The van der Waals surface area contributed by atoms with Crippen molar-refractivity contribution in [3.05, 3.63) is 11.1 Å². The molecule has 0 aromatic rings. The zero-order valence-corrected chi connectivity index (χ0v) is 12.5. The van der Waals surface area contributed by atoms with Gasteiger partial charge in [-0.05, 0) is 26.7 Å². The normalized spacial score (nSPS) is 25.6. The maximum atomic E-state index is 12.3. The fourth-order valence-electron chi connectivity index (χ4n) is 2.86. The van der Waals surface area contributed by atoms with Gasteiger partial charge in [0.1, 0.15) is 6.54 Å². The summed E-state index contributed by atoms with van der Waals surface area (Å²) in [5.74, 6) is -1.40. The molecule has 2 atom stereocenters. The van der Waals surface area contributed by atoms with Gasteiger partial charge in [-0.2, -0.15) is 0 Å². The van der Waals surface area contributed by atoms with Gasteiger partial charge >= 0.3 is 0 Å². The van der Waals surface area contributed by atoms with Crippen molar-refractivity contribution in [3.8, 4) is 0 Å². The molecule has 0 unspecified atom stereocenters. The van der Waals surface area contributed by atoms with Gasteiger partial charge in [0.15, 0.2) is 0 Å². The highest BCUT2D eigenvalue weighted by Gasteiger charge is 2.48. The number of imide groups is 1. The average molecular weight is 299 g/mol. The van der Waals surface area contributed by atoms with Crippen molar-refractivity contribution in [2.75, 3.05) is 19.6 Å². The van der Waals surface area contributed by atoms with Gasteiger partial charge in [0, 0.05) is 18.1 Å². The molecule has 2 rings (SSSR count). The molecule has 5 nitrogen and oxygen atoms in total. The Morgan fingerprint density at radius 2 is 1.90 bits per heavy atom. The van der Waals surface area contributed by atoms with Crippen molar-refractivity contribution in [2.45, 2.75) is 26.7 Å². The first-order valence-electron chi connectivity index (χ1n) is 6.97. The standard InChI is InChI=1S/C14H19ClN2O3/c1-3-16(4-2)12(18)8-17-13(19)10-6-5-9(15)7-11(10)14(17)20/h5,10-11H,3-4,6-8H2,1-2H3/t10-,11+/m1/s1. The third kappa shape index (κ3) is 2.59. The van der Waals surface area contributed by atoms with Crippen molar-refractivity contribution in [1.29, 1.82) is 0 Å². The Hall–Kier alpha value is -1.36. The molecule has 6 heteroatoms. The zero-order valence-electron chi connectivity index (χ0n) is 11.8. The largest absolute Gasteiger partial charge is 0.342 e. The molecule has 1 aliphatic carbocycles. The molecule has 0 bridgehead atoms. The van der Waals surface area contributed by atoms with Crippen LogP contribution in [0.4, 0.5) is 0 Å². The van der Waals surface area contributed by atoms with E-state index in [-0.39, 0.29) is 36.1 Å². The van der Waals surface area contributed by atoms with E-state index in [4.69, 9.17) is 11.6 Å². The zero-order chi connectivity index (χ0) is 14.9. The summed E-state index contributed by atoms with van der Waals surface area (Å²) in [4.78, 5) is 39.3. The van der Waals surface area contributed by atoms with Gasteiger partial charge < -0.3 is 4.90 Å². The average Bonchev–Trinajstić information content (AvgIpc) is 2.65. The van der Waals surface area contributed by atoms with E-state index in [1.807, 2.05) is 13.8 Å². The number of fused-ring (bicyclic) bond motifs is 1. The lowest BCUT2D eigenvalue weighted by molar-refractivity contribution is -0.146. The molecule has 0 N–H and O–H groups in total. The molecule has 0 spiro atoms. The fraction of sp³-hybridized carbons (Fsp3) is 0.643. The van der Waals surface area contributed by atoms with Crippen molar-refractivity contribution >= 4 is 29.3 Å². The molecular formula is C14H19ClN2O3. The number of amides is 3. The molecule has 0 aromatic heterocycles. The Bertz CT molecular complexity index is 471. The van der Waals surface area contributed by atoms with Crippen LogP contribution < -0.4 is 0 Å². The van der Waals surface area contributed by atoms with Crippen LogP contribution in [0, 0.1) is 11.8 Å². The second-order valence-corrected chi connectivity index (χ2v) is 5.62. The van der Waals surface area contributed by atoms with Crippen LogP contribution in [0.5, 0.6) is 0 Å². The number of carbonyl (C=O) groups is 3. The van der Waals surface area contributed by atoms with E-state index in [1.165, 1.54) is 0 Å². The van der Waals surface area contributed by atoms with Crippen molar-refractivity contribution < 1.29 is 14.4 Å². The predicted octanol–water partition coefficient (Wildman–Crippen LogP) is 1.37. The predicted molar refractivity (Wildman–Crippen MR) is 74.8 cm³/mol. The molecule has 0 radical (unpaired) electrons. The maximum absolute atomic E-state index is 12.3. The summed E-state index contributed by atoms with van der Waals surface area (Å²) in [6.45, 7) is 4.75. The summed E-state index contributed by atoms with van der Waals surface area (Å²) < 4.78 is 0. The van der Waals surface area contributed by atoms with Gasteiger partial charge in [-0.15, -0.1) is 0 Å². The van der Waals surface area contributed by atoms with Crippen molar-refractivity contribution in [3.63, 3.8) is 0 Å². The fourth-order valence-corrected chi connectivity index (χ4v) is 3.12. The third-order valence-electron chi connectivity index (χ3n) is 4.07. The smallest absolute Gasteiger partial charge is 0.242 e. The van der Waals surface area contributed by atoms with Gasteiger partial charge in [-0.1, -0.05) is 17.7 Å². The summed E-state index contributed by atoms with van der Waals surface area (Å²) in [7, 11) is 0. The number of carbonyl (C=O) groups excluding carboxylic acids is 3. The molecule has 1 heterocycles. The Labute approximate surface area is 123 Å². The molecule has 1 aliphatic heterocycles. The van der Waals surface area contributed by atoms with Crippen LogP contribution >= 0.6 is 11.6 Å². The van der Waals surface area contributed by atoms with Crippen LogP contribution in [0.2, 0.25) is 0 Å². The van der Waals surface area contributed by atoms with E-state index in [1.54, 1.807) is 11.0 Å². The van der Waals surface area contributed by atoms with Crippen LogP contribution in [0.15, 0.2) is 11.1 Å². The van der Waals surface area contributed by atoms with E-state index < -0.39 is 0 Å². The molecule has 0 saturated carbocycles. The summed E-state index contributed by atoms with van der Waals surface area (Å²) in [5.41, 5.74) is 0. The second kappa shape index (κ2) is 5.95. The number of likely N-dealkylation sites (N-methyl/N-ethyl adjacent to an activating group) is 1. The van der Waals surface area contributed by atoms with Gasteiger partial charge in [0.2, 0.25) is 17.7 Å². The number of hydrogen-bond acceptors (Lipinski definition) is 3. The molecular weight excluding hydrogens is 280 g/mol. The summed E-state index contributed by atoms with van der Waals surface area (Å²) in [6, 6.07) is 0. The number of rotatable bonds is 4. The first-order valence-corrected chi connectivity index (χ1v) is 7.34. The molecule has 110 valence electrons. The van der Waals surface area contributed by atoms with Crippen LogP contribution in [0.1, 0.15) is 26.7 Å². The summed E-state index contributed by atoms with van der Waals surface area (Å²) in [5, 5.41) is 0.629. The van der Waals surface area contributed by atoms with Crippen LogP contribution in [0.3, 0.4) is 0 Å². The molecule has 3 amide bonds. The lowest BCUT2D eigenvalue weighted by Crippen LogP contribution is -2.43. The van der Waals surface area contributed by atoms with Gasteiger partial charge in [-0.25, -0.2) is 0 Å². The van der Waals surface area contributed by atoms with Crippen molar-refractivity contribution in [2.24, 2.45) is 11.8 Å². The van der Waals surface area contributed by atoms with E-state index in [2.05, 4.69) is 0 Å². The van der Waals surface area contributed by atoms with E-state index >= 15 is 0 Å². The highest BCUT2D eigenvalue weighted by molar-refractivity contribution is 6.30. The van der Waals surface area contributed by atoms with E-state index in [0.29, 0.717) is 31.0 Å². The maximum Gasteiger partial charge on any atom is 0.242 e. The van der Waals surface area contributed by atoms with Crippen LogP contribution in [-0.4, -0.2) is 47.2 Å². The first kappa shape index (κ1) is 15.0. The van der Waals surface area contributed by atoms with E-state index in [9.17, 15) is 14.4 Å². The first-order chi connectivity index (χ1) is 9.49. The highest BCUT2D eigenvalue weighted by Crippen LogP contribution is 2.38. The molecule has 0 aromatic carbocycles. The lowest BCUT2D eigenvalue weighted by Gasteiger charge is -2.22. The Balaban J connectivity index is 2.09. The number of halogens is 1. The molecule has 2 aliphatic rings. The number of likely N-dealkylation sites (tertiary alicyclic amines) is 1. The summed E-state index contributed by atoms with van der Waals surface area (Å²) >= 11 is 5.95. The van der Waals surface area contributed by atoms with Gasteiger partial charge in [0.05, 0.1) is 11.8 Å². The van der Waals surface area contributed by atoms with Crippen LogP contribution in [-0.2, 0) is 14.4 Å². The Morgan fingerprint density at radius 1 is 1.30 bits per heavy atom. The SMILES string of the molecule is CCN(CC)C(=O)CN1C(=O)[C@H]2CC(Cl)=CC[C@H]2C1=O. The molecule has 1 saturated heterocycles. The Kier molecular flexibility index (Phi) is 4.48. The number of allylic oxidation sites excluding steroid dienone is 2. The minimum Gasteiger partial charge on any atom is -0.342 e. The topological polar surface area (TPSA) is 57.7 Å². The number of hydrogen-bond donors (Lipinski definition) is 0. The Morgan fingerprint density at radius 3 is 2.50 bits per heavy atom. The lowest BCUT2D eigenvalue weighted by atomic mass is 9.85. The van der Waals surface area contributed by atoms with Crippen molar-refractivity contribution in [1.82, 2.24) is 9.80 Å². The second-order valence-electron chi connectivity index (χ2n) is 5.13. The monoisotopic (exact) mass is 298 g/mol. The van der Waals surface area contributed by atoms with Gasteiger partial charge in [-0.3, -0.25) is 19.3 Å². The van der Waals surface area contributed by atoms with Crippen LogP contribution in [0.25, 0.3) is 0 Å². The van der Waals surface area contributed by atoms with Gasteiger partial charge in [0.25, 0.3) is 0 Å². The third-order valence-corrected chi connectivity index (χ3v) is 4.38. The quantitative estimate of drug-likeness (QED) is 0.737. The minimum absolute atomic E-state index is 0.149. The van der Waals surface area contributed by atoms with E-state index in [0.717, 1.165) is 4.90 Å². The highest BCUT2D eigenvalue weighted by atomic mass is 35.5. The molecule has 20 heavy (non-hydrogen) atoms.